The molecule has 0 spiro atoms. The second-order valence-electron chi connectivity index (χ2n) is 8.26. The third kappa shape index (κ3) is 4.45. The monoisotopic (exact) mass is 425 g/mol. The predicted molar refractivity (Wildman–Crippen MR) is 131 cm³/mol. The first kappa shape index (κ1) is 21.4. The Morgan fingerprint density at radius 1 is 0.938 bits per heavy atom. The largest absolute Gasteiger partial charge is 0.496 e. The van der Waals surface area contributed by atoms with Crippen LogP contribution in [-0.2, 0) is 4.79 Å². The first-order chi connectivity index (χ1) is 15.3. The highest BCUT2D eigenvalue weighted by Crippen LogP contribution is 2.37. The van der Waals surface area contributed by atoms with Crippen molar-refractivity contribution in [3.8, 4) is 16.9 Å². The summed E-state index contributed by atoms with van der Waals surface area (Å²) in [5.41, 5.74) is 8.71. The van der Waals surface area contributed by atoms with Crippen molar-refractivity contribution in [2.75, 3.05) is 12.4 Å². The molecule has 32 heavy (non-hydrogen) atoms. The molecule has 0 radical (unpaired) electrons. The van der Waals surface area contributed by atoms with Gasteiger partial charge >= 0.3 is 0 Å². The number of fused-ring (bicyclic) bond motifs is 1. The highest BCUT2D eigenvalue weighted by molar-refractivity contribution is 6.05. The molecular weight excluding hydrogens is 398 g/mol. The number of benzene rings is 3. The number of hydrogen-bond donors (Lipinski definition) is 1. The van der Waals surface area contributed by atoms with Gasteiger partial charge in [-0.3, -0.25) is 4.79 Å². The first-order valence-corrected chi connectivity index (χ1v) is 10.6. The van der Waals surface area contributed by atoms with Crippen molar-refractivity contribution in [1.82, 2.24) is 0 Å². The minimum atomic E-state index is -0.180. The Labute approximate surface area is 188 Å². The Kier molecular flexibility index (Phi) is 5.87. The van der Waals surface area contributed by atoms with Crippen LogP contribution in [0.25, 0.3) is 27.7 Å². The molecule has 0 unspecified atom stereocenters. The van der Waals surface area contributed by atoms with Crippen molar-refractivity contribution in [3.05, 3.63) is 89.2 Å². The summed E-state index contributed by atoms with van der Waals surface area (Å²) in [4.78, 5) is 12.7. The fourth-order valence-electron chi connectivity index (χ4n) is 3.99. The zero-order valence-corrected chi connectivity index (χ0v) is 19.1. The number of allylic oxidation sites excluding steroid dienone is 1. The van der Waals surface area contributed by atoms with Gasteiger partial charge in [-0.1, -0.05) is 35.9 Å². The van der Waals surface area contributed by atoms with Gasteiger partial charge in [0.1, 0.15) is 11.3 Å². The van der Waals surface area contributed by atoms with Crippen molar-refractivity contribution in [2.24, 2.45) is 0 Å². The highest BCUT2D eigenvalue weighted by atomic mass is 16.5. The summed E-state index contributed by atoms with van der Waals surface area (Å²) < 4.78 is 11.4. The molecular formula is C28H27NO3. The van der Waals surface area contributed by atoms with E-state index < -0.39 is 0 Å². The van der Waals surface area contributed by atoms with E-state index in [0.717, 1.165) is 50.0 Å². The Balaban J connectivity index is 1.70. The van der Waals surface area contributed by atoms with E-state index >= 15 is 0 Å². The Morgan fingerprint density at radius 3 is 2.28 bits per heavy atom. The Bertz CT molecular complexity index is 1310. The van der Waals surface area contributed by atoms with Gasteiger partial charge < -0.3 is 14.5 Å². The van der Waals surface area contributed by atoms with Gasteiger partial charge in [0.05, 0.1) is 13.4 Å². The van der Waals surface area contributed by atoms with Crippen LogP contribution in [0.4, 0.5) is 5.69 Å². The number of carbonyl (C=O) groups excluding carboxylic acids is 1. The summed E-state index contributed by atoms with van der Waals surface area (Å²) in [6.07, 6.45) is 3.37. The van der Waals surface area contributed by atoms with Crippen molar-refractivity contribution in [1.29, 1.82) is 0 Å². The first-order valence-electron chi connectivity index (χ1n) is 10.6. The van der Waals surface area contributed by atoms with Crippen molar-refractivity contribution < 1.29 is 13.9 Å². The molecule has 4 rings (SSSR count). The molecule has 0 fully saturated rings. The van der Waals surface area contributed by atoms with Crippen LogP contribution in [0.1, 0.15) is 29.2 Å². The molecule has 0 aliphatic carbocycles. The number of anilines is 1. The second kappa shape index (κ2) is 8.75. The van der Waals surface area contributed by atoms with E-state index in [-0.39, 0.29) is 5.91 Å². The SMILES string of the molecule is COc1cc2occ(-c3ccc(C)cc3)c2cc1/C(C)=C/C(=O)Nc1cc(C)cc(C)c1. The molecule has 4 nitrogen and oxygen atoms in total. The molecule has 4 heteroatoms. The third-order valence-electron chi connectivity index (χ3n) is 5.52. The lowest BCUT2D eigenvalue weighted by atomic mass is 9.99. The topological polar surface area (TPSA) is 51.5 Å². The Hall–Kier alpha value is -3.79. The number of amides is 1. The maximum absolute atomic E-state index is 12.7. The van der Waals surface area contributed by atoms with Crippen LogP contribution in [-0.4, -0.2) is 13.0 Å². The smallest absolute Gasteiger partial charge is 0.248 e. The lowest BCUT2D eigenvalue weighted by Crippen LogP contribution is -2.09. The van der Waals surface area contributed by atoms with Gasteiger partial charge in [0.25, 0.3) is 0 Å². The summed E-state index contributed by atoms with van der Waals surface area (Å²) in [6, 6.07) is 18.2. The van der Waals surface area contributed by atoms with E-state index in [1.807, 2.05) is 45.0 Å². The lowest BCUT2D eigenvalue weighted by Gasteiger charge is -2.11. The van der Waals surface area contributed by atoms with Crippen LogP contribution in [0.15, 0.2) is 71.4 Å². The molecule has 1 heterocycles. The fourth-order valence-corrected chi connectivity index (χ4v) is 3.99. The molecule has 162 valence electrons. The highest BCUT2D eigenvalue weighted by Gasteiger charge is 2.15. The van der Waals surface area contributed by atoms with E-state index in [4.69, 9.17) is 9.15 Å². The van der Waals surface area contributed by atoms with Gasteiger partial charge in [-0.2, -0.15) is 0 Å². The lowest BCUT2D eigenvalue weighted by molar-refractivity contribution is -0.111. The molecule has 0 aliphatic rings. The van der Waals surface area contributed by atoms with E-state index in [0.29, 0.717) is 5.75 Å². The average Bonchev–Trinajstić information content (AvgIpc) is 3.15. The summed E-state index contributed by atoms with van der Waals surface area (Å²) in [6.45, 7) is 8.01. The van der Waals surface area contributed by atoms with Crippen LogP contribution in [0.5, 0.6) is 5.75 Å². The van der Waals surface area contributed by atoms with Gasteiger partial charge in [-0.25, -0.2) is 0 Å². The predicted octanol–water partition coefficient (Wildman–Crippen LogP) is 7.08. The summed E-state index contributed by atoms with van der Waals surface area (Å²) in [7, 11) is 1.62. The zero-order valence-electron chi connectivity index (χ0n) is 19.1. The number of nitrogens with one attached hydrogen (secondary N) is 1. The minimum Gasteiger partial charge on any atom is -0.496 e. The molecule has 0 saturated heterocycles. The van der Waals surface area contributed by atoms with Crippen LogP contribution in [0.3, 0.4) is 0 Å². The third-order valence-corrected chi connectivity index (χ3v) is 5.52. The van der Waals surface area contributed by atoms with Crippen molar-refractivity contribution in [2.45, 2.75) is 27.7 Å². The van der Waals surface area contributed by atoms with E-state index in [1.54, 1.807) is 19.4 Å². The molecule has 1 aromatic heterocycles. The number of carbonyl (C=O) groups is 1. The Morgan fingerprint density at radius 2 is 1.62 bits per heavy atom. The number of methoxy groups -OCH3 is 1. The standard InChI is InChI=1S/C28H27NO3/c1-17-6-8-21(9-7-17)25-16-32-27-15-26(31-5)23(14-24(25)27)20(4)13-28(30)29-22-11-18(2)10-19(3)12-22/h6-16H,1-5H3,(H,29,30)/b20-13+. The molecule has 0 atom stereocenters. The van der Waals surface area contributed by atoms with Crippen LogP contribution in [0.2, 0.25) is 0 Å². The van der Waals surface area contributed by atoms with E-state index in [2.05, 4.69) is 42.6 Å². The summed E-state index contributed by atoms with van der Waals surface area (Å²) in [5, 5.41) is 3.94. The minimum absolute atomic E-state index is 0.180. The summed E-state index contributed by atoms with van der Waals surface area (Å²) >= 11 is 0. The molecule has 1 N–H and O–H groups in total. The van der Waals surface area contributed by atoms with Crippen molar-refractivity contribution >= 4 is 28.1 Å². The van der Waals surface area contributed by atoms with Gasteiger partial charge in [0.15, 0.2) is 0 Å². The number of ether oxygens (including phenoxy) is 1. The van der Waals surface area contributed by atoms with Gasteiger partial charge in [0.2, 0.25) is 5.91 Å². The molecule has 1 amide bonds. The number of furan rings is 1. The summed E-state index contributed by atoms with van der Waals surface area (Å²) in [5.74, 6) is 0.482. The van der Waals surface area contributed by atoms with Crippen LogP contribution >= 0.6 is 0 Å². The van der Waals surface area contributed by atoms with Crippen molar-refractivity contribution in [3.63, 3.8) is 0 Å². The number of aryl methyl sites for hydroxylation is 3. The normalized spacial score (nSPS) is 11.6. The maximum atomic E-state index is 12.7. The molecule has 3 aromatic carbocycles. The molecule has 4 aromatic rings. The molecule has 0 bridgehead atoms. The van der Waals surface area contributed by atoms with Gasteiger partial charge in [-0.05, 0) is 68.2 Å². The van der Waals surface area contributed by atoms with Gasteiger partial charge in [0, 0.05) is 34.3 Å². The van der Waals surface area contributed by atoms with Gasteiger partial charge in [-0.15, -0.1) is 0 Å². The second-order valence-corrected chi connectivity index (χ2v) is 8.26. The van der Waals surface area contributed by atoms with Crippen LogP contribution in [0, 0.1) is 20.8 Å². The number of rotatable bonds is 5. The quantitative estimate of drug-likeness (QED) is 0.348. The van der Waals surface area contributed by atoms with E-state index in [9.17, 15) is 4.79 Å². The maximum Gasteiger partial charge on any atom is 0.248 e. The fraction of sp³-hybridized carbons (Fsp3) is 0.179. The van der Waals surface area contributed by atoms with E-state index in [1.165, 1.54) is 5.56 Å². The van der Waals surface area contributed by atoms with Crippen LogP contribution < -0.4 is 10.1 Å². The molecule has 0 aliphatic heterocycles. The number of hydrogen-bond acceptors (Lipinski definition) is 3. The zero-order chi connectivity index (χ0) is 22.8. The average molecular weight is 426 g/mol. The molecule has 0 saturated carbocycles.